The highest BCUT2D eigenvalue weighted by molar-refractivity contribution is 5.68. The number of rotatable bonds is 6. The highest BCUT2D eigenvalue weighted by Crippen LogP contribution is 2.38. The molecule has 20 heavy (non-hydrogen) atoms. The monoisotopic (exact) mass is 274 g/mol. The van der Waals surface area contributed by atoms with Crippen molar-refractivity contribution < 1.29 is 9.53 Å². The Kier molecular flexibility index (Phi) is 4.32. The van der Waals surface area contributed by atoms with Crippen LogP contribution >= 0.6 is 0 Å². The Balaban J connectivity index is 1.83. The Morgan fingerprint density at radius 1 is 1.45 bits per heavy atom. The largest absolute Gasteiger partial charge is 0.443 e. The molecule has 0 spiro atoms. The van der Waals surface area contributed by atoms with Crippen LogP contribution in [0, 0.1) is 5.92 Å². The number of carbonyl (C=O) groups is 1. The molecule has 1 aromatic rings. The fourth-order valence-corrected chi connectivity index (χ4v) is 1.98. The summed E-state index contributed by atoms with van der Waals surface area (Å²) in [5.41, 5.74) is 7.32. The van der Waals surface area contributed by atoms with E-state index in [2.05, 4.69) is 11.9 Å². The first-order chi connectivity index (χ1) is 9.48. The number of amides is 1. The zero-order valence-electron chi connectivity index (χ0n) is 11.9. The van der Waals surface area contributed by atoms with Crippen molar-refractivity contribution in [3.63, 3.8) is 0 Å². The fourth-order valence-electron chi connectivity index (χ4n) is 1.98. The second-order valence-corrected chi connectivity index (χ2v) is 5.68. The maximum Gasteiger partial charge on any atom is 0.407 e. The molecule has 0 aliphatic heterocycles. The van der Waals surface area contributed by atoms with Crippen molar-refractivity contribution in [1.29, 1.82) is 0 Å². The summed E-state index contributed by atoms with van der Waals surface area (Å²) in [5.74, 6) is 0.0111. The van der Waals surface area contributed by atoms with Crippen LogP contribution in [-0.4, -0.2) is 18.2 Å². The van der Waals surface area contributed by atoms with Gasteiger partial charge in [0.25, 0.3) is 0 Å². The molecule has 1 aliphatic rings. The second kappa shape index (κ2) is 5.99. The van der Waals surface area contributed by atoms with Gasteiger partial charge < -0.3 is 15.8 Å². The van der Waals surface area contributed by atoms with Gasteiger partial charge in [0, 0.05) is 18.2 Å². The van der Waals surface area contributed by atoms with Crippen LogP contribution in [0.15, 0.2) is 42.6 Å². The van der Waals surface area contributed by atoms with Gasteiger partial charge in [0.1, 0.15) is 5.60 Å². The molecule has 1 atom stereocenters. The van der Waals surface area contributed by atoms with Gasteiger partial charge in [-0.25, -0.2) is 4.79 Å². The van der Waals surface area contributed by atoms with Gasteiger partial charge in [-0.15, -0.1) is 0 Å². The zero-order valence-corrected chi connectivity index (χ0v) is 11.9. The molecule has 0 bridgehead atoms. The van der Waals surface area contributed by atoms with Crippen molar-refractivity contribution in [2.75, 3.05) is 6.54 Å². The Hall–Kier alpha value is -1.97. The lowest BCUT2D eigenvalue weighted by molar-refractivity contribution is 0.0926. The number of benzene rings is 1. The van der Waals surface area contributed by atoms with E-state index in [-0.39, 0.29) is 17.6 Å². The van der Waals surface area contributed by atoms with Gasteiger partial charge in [0.2, 0.25) is 0 Å². The van der Waals surface area contributed by atoms with Crippen molar-refractivity contribution in [1.82, 2.24) is 5.32 Å². The van der Waals surface area contributed by atoms with Crippen LogP contribution in [0.4, 0.5) is 4.79 Å². The van der Waals surface area contributed by atoms with E-state index >= 15 is 0 Å². The van der Waals surface area contributed by atoms with Gasteiger partial charge in [-0.2, -0.15) is 0 Å². The minimum Gasteiger partial charge on any atom is -0.443 e. The average molecular weight is 274 g/mol. The molecule has 0 aromatic heterocycles. The third kappa shape index (κ3) is 4.30. The Morgan fingerprint density at radius 3 is 2.65 bits per heavy atom. The quantitative estimate of drug-likeness (QED) is 0.838. The van der Waals surface area contributed by atoms with Crippen LogP contribution in [0.25, 0.3) is 0 Å². The first kappa shape index (κ1) is 14.4. The van der Waals surface area contributed by atoms with E-state index in [1.807, 2.05) is 37.3 Å². The van der Waals surface area contributed by atoms with Crippen LogP contribution in [-0.2, 0) is 11.2 Å². The van der Waals surface area contributed by atoms with E-state index in [1.54, 1.807) is 0 Å². The summed E-state index contributed by atoms with van der Waals surface area (Å²) in [7, 11) is 0. The van der Waals surface area contributed by atoms with Gasteiger partial charge in [-0.1, -0.05) is 36.9 Å². The topological polar surface area (TPSA) is 64.3 Å². The summed E-state index contributed by atoms with van der Waals surface area (Å²) < 4.78 is 5.31. The lowest BCUT2D eigenvalue weighted by Gasteiger charge is -2.18. The normalized spacial score (nSPS) is 17.1. The number of ether oxygens (including phenoxy) is 1. The van der Waals surface area contributed by atoms with Crippen molar-refractivity contribution in [2.24, 2.45) is 11.7 Å². The van der Waals surface area contributed by atoms with Crippen LogP contribution in [0.5, 0.6) is 0 Å². The van der Waals surface area contributed by atoms with Crippen molar-refractivity contribution in [3.05, 3.63) is 48.2 Å². The molecule has 1 aliphatic carbocycles. The molecule has 0 heterocycles. The predicted molar refractivity (Wildman–Crippen MR) is 79.1 cm³/mol. The van der Waals surface area contributed by atoms with E-state index in [1.165, 1.54) is 5.56 Å². The third-order valence-corrected chi connectivity index (χ3v) is 3.64. The van der Waals surface area contributed by atoms with Gasteiger partial charge in [-0.3, -0.25) is 0 Å². The number of carbonyl (C=O) groups excluding carboxylic acids is 1. The number of hydrogen-bond donors (Lipinski definition) is 2. The molecule has 1 fully saturated rings. The molecular weight excluding hydrogens is 252 g/mol. The zero-order chi connectivity index (χ0) is 14.6. The van der Waals surface area contributed by atoms with Crippen LogP contribution in [0.3, 0.4) is 0 Å². The lowest BCUT2D eigenvalue weighted by Crippen LogP contribution is -2.35. The summed E-state index contributed by atoms with van der Waals surface area (Å²) in [6.07, 6.45) is 2.27. The maximum atomic E-state index is 11.7. The summed E-state index contributed by atoms with van der Waals surface area (Å²) in [6, 6.07) is 10.0. The molecule has 2 rings (SSSR count). The van der Waals surface area contributed by atoms with E-state index in [0.717, 1.165) is 19.3 Å². The Bertz CT molecular complexity index is 481. The van der Waals surface area contributed by atoms with Gasteiger partial charge in [0.05, 0.1) is 0 Å². The molecule has 1 saturated carbocycles. The van der Waals surface area contributed by atoms with E-state index < -0.39 is 0 Å². The molecule has 1 aromatic carbocycles. The first-order valence-electron chi connectivity index (χ1n) is 6.93. The van der Waals surface area contributed by atoms with Crippen molar-refractivity contribution >= 4 is 6.09 Å². The predicted octanol–water partition coefficient (Wildman–Crippen LogP) is 2.60. The van der Waals surface area contributed by atoms with Gasteiger partial charge in [0.15, 0.2) is 0 Å². The number of hydrogen-bond acceptors (Lipinski definition) is 3. The lowest BCUT2D eigenvalue weighted by atomic mass is 9.97. The summed E-state index contributed by atoms with van der Waals surface area (Å²) in [4.78, 5) is 11.7. The smallest absolute Gasteiger partial charge is 0.407 e. The van der Waals surface area contributed by atoms with E-state index in [0.29, 0.717) is 12.2 Å². The number of nitrogens with one attached hydrogen (secondary N) is 1. The summed E-state index contributed by atoms with van der Waals surface area (Å²) in [5, 5.41) is 2.78. The molecule has 0 radical (unpaired) electrons. The number of nitrogens with two attached hydrogens (primary N) is 1. The minimum atomic E-state index is -0.371. The van der Waals surface area contributed by atoms with Crippen LogP contribution in [0.1, 0.15) is 25.3 Å². The standard InChI is InChI=1S/C16H22N2O2/c1-12(17)14(10-13-6-4-3-5-7-13)11-18-15(19)20-16(2)8-9-16/h3-7,14H,1,8-11,17H2,2H3,(H,18,19)/t14-/m0/s1. The maximum absolute atomic E-state index is 11.7. The Morgan fingerprint density at radius 2 is 2.10 bits per heavy atom. The molecule has 1 amide bonds. The van der Waals surface area contributed by atoms with Crippen LogP contribution in [0.2, 0.25) is 0 Å². The molecular formula is C16H22N2O2. The summed E-state index contributed by atoms with van der Waals surface area (Å²) in [6.45, 7) is 6.19. The van der Waals surface area contributed by atoms with Gasteiger partial charge in [-0.05, 0) is 31.7 Å². The van der Waals surface area contributed by atoms with Crippen molar-refractivity contribution in [2.45, 2.75) is 31.8 Å². The average Bonchev–Trinajstić information content (AvgIpc) is 3.12. The molecule has 0 unspecified atom stereocenters. The third-order valence-electron chi connectivity index (χ3n) is 3.64. The minimum absolute atomic E-state index is 0.0111. The Labute approximate surface area is 120 Å². The number of alkyl carbamates (subject to hydrolysis) is 1. The summed E-state index contributed by atoms with van der Waals surface area (Å²) >= 11 is 0. The second-order valence-electron chi connectivity index (χ2n) is 5.68. The highest BCUT2D eigenvalue weighted by Gasteiger charge is 2.41. The molecule has 4 heteroatoms. The first-order valence-corrected chi connectivity index (χ1v) is 6.93. The van der Waals surface area contributed by atoms with E-state index in [9.17, 15) is 4.79 Å². The SMILES string of the molecule is C=C(N)[C@H](CNC(=O)OC1(C)CC1)Cc1ccccc1. The molecule has 108 valence electrons. The van der Waals surface area contributed by atoms with Crippen molar-refractivity contribution in [3.8, 4) is 0 Å². The van der Waals surface area contributed by atoms with E-state index in [4.69, 9.17) is 10.5 Å². The molecule has 3 N–H and O–H groups in total. The molecule has 4 nitrogen and oxygen atoms in total. The fraction of sp³-hybridized carbons (Fsp3) is 0.438. The molecule has 0 saturated heterocycles. The van der Waals surface area contributed by atoms with Crippen LogP contribution < -0.4 is 11.1 Å². The van der Waals surface area contributed by atoms with Gasteiger partial charge >= 0.3 is 6.09 Å². The highest BCUT2D eigenvalue weighted by atomic mass is 16.6.